The summed E-state index contributed by atoms with van der Waals surface area (Å²) in [5, 5.41) is 4.88. The number of rotatable bonds is 6. The first-order chi connectivity index (χ1) is 12.4. The zero-order valence-electron chi connectivity index (χ0n) is 14.8. The summed E-state index contributed by atoms with van der Waals surface area (Å²) in [6.07, 6.45) is 3.50. The number of sulfonamides is 1. The first kappa shape index (κ1) is 21.8. The maximum Gasteiger partial charge on any atom is 0.251 e. The molecule has 1 fully saturated rings. The summed E-state index contributed by atoms with van der Waals surface area (Å²) in [5.41, 5.74) is 6.23. The van der Waals surface area contributed by atoms with Crippen molar-refractivity contribution in [3.63, 3.8) is 0 Å². The van der Waals surface area contributed by atoms with Crippen LogP contribution in [0.4, 0.5) is 0 Å². The lowest BCUT2D eigenvalue weighted by Crippen LogP contribution is -2.40. The molecule has 1 aromatic heterocycles. The second-order valence-corrected chi connectivity index (χ2v) is 9.32. The van der Waals surface area contributed by atoms with Crippen LogP contribution in [0.1, 0.15) is 40.9 Å². The van der Waals surface area contributed by atoms with Gasteiger partial charge in [0.2, 0.25) is 10.0 Å². The fourth-order valence-corrected chi connectivity index (χ4v) is 4.79. The fourth-order valence-electron chi connectivity index (χ4n) is 3.00. The molecule has 1 heterocycles. The Morgan fingerprint density at radius 2 is 1.89 bits per heavy atom. The van der Waals surface area contributed by atoms with Crippen LogP contribution in [-0.2, 0) is 16.6 Å². The van der Waals surface area contributed by atoms with Gasteiger partial charge in [-0.15, -0.1) is 23.7 Å². The van der Waals surface area contributed by atoms with E-state index in [0.717, 1.165) is 30.6 Å². The minimum Gasteiger partial charge on any atom is -0.349 e. The number of hydrogen-bond acceptors (Lipinski definition) is 5. The normalized spacial score (nSPS) is 19.9. The molecule has 0 unspecified atom stereocenters. The van der Waals surface area contributed by atoms with E-state index in [-0.39, 0.29) is 41.8 Å². The Labute approximate surface area is 170 Å². The Balaban J connectivity index is 0.00000261. The predicted octanol–water partition coefficient (Wildman–Crippen LogP) is 2.65. The molecule has 1 amide bonds. The molecule has 0 saturated heterocycles. The summed E-state index contributed by atoms with van der Waals surface area (Å²) in [4.78, 5) is 13.5. The number of nitrogens with two attached hydrogens (primary N) is 1. The van der Waals surface area contributed by atoms with E-state index in [2.05, 4.69) is 10.0 Å². The van der Waals surface area contributed by atoms with Crippen molar-refractivity contribution < 1.29 is 13.2 Å². The SMILES string of the molecule is Cl.NC1CCC(NC(=O)c2cccc(S(=O)(=O)NCc3cccs3)c2)CC1. The molecule has 6 nitrogen and oxygen atoms in total. The Bertz CT molecular complexity index is 848. The van der Waals surface area contributed by atoms with Gasteiger partial charge in [-0.25, -0.2) is 13.1 Å². The third-order valence-corrected chi connectivity index (χ3v) is 6.81. The van der Waals surface area contributed by atoms with E-state index < -0.39 is 10.0 Å². The van der Waals surface area contributed by atoms with Crippen LogP contribution in [0.5, 0.6) is 0 Å². The topological polar surface area (TPSA) is 101 Å². The van der Waals surface area contributed by atoms with Crippen LogP contribution in [0.25, 0.3) is 0 Å². The van der Waals surface area contributed by atoms with Gasteiger partial charge in [-0.05, 0) is 55.3 Å². The molecule has 0 aliphatic heterocycles. The maximum atomic E-state index is 12.5. The van der Waals surface area contributed by atoms with E-state index in [1.165, 1.54) is 23.5 Å². The van der Waals surface area contributed by atoms with Gasteiger partial charge in [0.05, 0.1) is 4.90 Å². The number of nitrogens with one attached hydrogen (secondary N) is 2. The number of hydrogen-bond donors (Lipinski definition) is 3. The van der Waals surface area contributed by atoms with Crippen molar-refractivity contribution in [2.24, 2.45) is 5.73 Å². The Morgan fingerprint density at radius 1 is 1.15 bits per heavy atom. The molecule has 0 radical (unpaired) electrons. The van der Waals surface area contributed by atoms with Crippen LogP contribution >= 0.6 is 23.7 Å². The van der Waals surface area contributed by atoms with Gasteiger partial charge in [0, 0.05) is 29.1 Å². The van der Waals surface area contributed by atoms with Crippen molar-refractivity contribution in [1.82, 2.24) is 10.0 Å². The standard InChI is InChI=1S/C18H23N3O3S2.ClH/c19-14-6-8-15(9-7-14)21-18(22)13-3-1-5-17(11-13)26(23,24)20-12-16-4-2-10-25-16;/h1-5,10-11,14-15,20H,6-9,12,19H2,(H,21,22);1H. The second kappa shape index (κ2) is 9.66. The van der Waals surface area contributed by atoms with Crippen LogP contribution < -0.4 is 15.8 Å². The van der Waals surface area contributed by atoms with E-state index in [9.17, 15) is 13.2 Å². The number of amides is 1. The number of benzene rings is 1. The molecule has 1 aliphatic rings. The highest BCUT2D eigenvalue weighted by Gasteiger charge is 2.21. The molecule has 1 aromatic carbocycles. The zero-order chi connectivity index (χ0) is 18.6. The molecule has 3 rings (SSSR count). The highest BCUT2D eigenvalue weighted by molar-refractivity contribution is 7.89. The lowest BCUT2D eigenvalue weighted by molar-refractivity contribution is 0.0925. The lowest BCUT2D eigenvalue weighted by atomic mass is 9.91. The van der Waals surface area contributed by atoms with E-state index in [4.69, 9.17) is 5.73 Å². The molecule has 1 aliphatic carbocycles. The molecular weight excluding hydrogens is 406 g/mol. The van der Waals surface area contributed by atoms with Crippen LogP contribution in [0.3, 0.4) is 0 Å². The monoisotopic (exact) mass is 429 g/mol. The van der Waals surface area contributed by atoms with Gasteiger partial charge >= 0.3 is 0 Å². The van der Waals surface area contributed by atoms with E-state index in [0.29, 0.717) is 5.56 Å². The third kappa shape index (κ3) is 6.02. The zero-order valence-corrected chi connectivity index (χ0v) is 17.2. The average molecular weight is 430 g/mol. The van der Waals surface area contributed by atoms with Crippen molar-refractivity contribution >= 4 is 39.7 Å². The Kier molecular flexibility index (Phi) is 7.81. The quantitative estimate of drug-likeness (QED) is 0.656. The smallest absolute Gasteiger partial charge is 0.251 e. The fraction of sp³-hybridized carbons (Fsp3) is 0.389. The molecule has 4 N–H and O–H groups in total. The molecule has 27 heavy (non-hydrogen) atoms. The van der Waals surface area contributed by atoms with Crippen molar-refractivity contribution in [2.45, 2.75) is 49.2 Å². The van der Waals surface area contributed by atoms with Crippen molar-refractivity contribution in [1.29, 1.82) is 0 Å². The summed E-state index contributed by atoms with van der Waals surface area (Å²) >= 11 is 1.49. The predicted molar refractivity (Wildman–Crippen MR) is 110 cm³/mol. The summed E-state index contributed by atoms with van der Waals surface area (Å²) in [7, 11) is -3.67. The first-order valence-corrected chi connectivity index (χ1v) is 11.0. The molecule has 9 heteroatoms. The Morgan fingerprint density at radius 3 is 2.56 bits per heavy atom. The maximum absolute atomic E-state index is 12.5. The Hall–Kier alpha value is -1.45. The van der Waals surface area contributed by atoms with Gasteiger partial charge in [0.1, 0.15) is 0 Å². The van der Waals surface area contributed by atoms with E-state index in [1.54, 1.807) is 12.1 Å². The molecule has 1 saturated carbocycles. The van der Waals surface area contributed by atoms with Crippen LogP contribution in [0.2, 0.25) is 0 Å². The van der Waals surface area contributed by atoms with E-state index >= 15 is 0 Å². The summed E-state index contributed by atoms with van der Waals surface area (Å²) in [6.45, 7) is 0.235. The van der Waals surface area contributed by atoms with Crippen molar-refractivity contribution in [3.8, 4) is 0 Å². The van der Waals surface area contributed by atoms with Gasteiger partial charge in [-0.2, -0.15) is 0 Å². The van der Waals surface area contributed by atoms with Crippen molar-refractivity contribution in [3.05, 3.63) is 52.2 Å². The van der Waals surface area contributed by atoms with Crippen LogP contribution in [0.15, 0.2) is 46.7 Å². The second-order valence-electron chi connectivity index (χ2n) is 6.52. The molecule has 0 spiro atoms. The molecule has 148 valence electrons. The number of carbonyl (C=O) groups excluding carboxylic acids is 1. The average Bonchev–Trinajstić information content (AvgIpc) is 3.16. The summed E-state index contributed by atoms with van der Waals surface area (Å²) in [5.74, 6) is -0.249. The number of carbonyl (C=O) groups is 1. The highest BCUT2D eigenvalue weighted by atomic mass is 35.5. The van der Waals surface area contributed by atoms with Gasteiger partial charge in [-0.1, -0.05) is 12.1 Å². The summed E-state index contributed by atoms with van der Waals surface area (Å²) in [6, 6.07) is 10.2. The highest BCUT2D eigenvalue weighted by Crippen LogP contribution is 2.18. The number of thiophene rings is 1. The van der Waals surface area contributed by atoms with Crippen LogP contribution in [-0.4, -0.2) is 26.4 Å². The molecule has 2 aromatic rings. The van der Waals surface area contributed by atoms with E-state index in [1.807, 2.05) is 17.5 Å². The lowest BCUT2D eigenvalue weighted by Gasteiger charge is -2.26. The third-order valence-electron chi connectivity index (χ3n) is 4.53. The first-order valence-electron chi connectivity index (χ1n) is 8.62. The van der Waals surface area contributed by atoms with Crippen LogP contribution in [0, 0.1) is 0 Å². The number of halogens is 1. The van der Waals surface area contributed by atoms with Crippen molar-refractivity contribution in [2.75, 3.05) is 0 Å². The van der Waals surface area contributed by atoms with Gasteiger partial charge in [0.15, 0.2) is 0 Å². The molecular formula is C18H24ClN3O3S2. The minimum atomic E-state index is -3.67. The summed E-state index contributed by atoms with van der Waals surface area (Å²) < 4.78 is 27.5. The minimum absolute atomic E-state index is 0. The molecule has 0 bridgehead atoms. The molecule has 0 atom stereocenters. The largest absolute Gasteiger partial charge is 0.349 e. The van der Waals surface area contributed by atoms with Gasteiger partial charge in [0.25, 0.3) is 5.91 Å². The van der Waals surface area contributed by atoms with Gasteiger partial charge < -0.3 is 11.1 Å². The van der Waals surface area contributed by atoms with Gasteiger partial charge in [-0.3, -0.25) is 4.79 Å².